The van der Waals surface area contributed by atoms with Crippen molar-refractivity contribution in [3.63, 3.8) is 0 Å². The van der Waals surface area contributed by atoms with E-state index in [0.29, 0.717) is 39.0 Å². The first kappa shape index (κ1) is 11.6. The minimum atomic E-state index is -0.910. The molecule has 1 N–H and O–H groups in total. The third-order valence-electron chi connectivity index (χ3n) is 2.55. The molecule has 0 spiro atoms. The number of nitriles is 1. The van der Waals surface area contributed by atoms with Crippen molar-refractivity contribution in [3.05, 3.63) is 0 Å². The van der Waals surface area contributed by atoms with E-state index in [9.17, 15) is 4.79 Å². The van der Waals surface area contributed by atoms with Crippen LogP contribution in [0.15, 0.2) is 0 Å². The molecule has 0 atom stereocenters. The van der Waals surface area contributed by atoms with Crippen molar-refractivity contribution in [3.8, 4) is 18.4 Å². The molecule has 0 saturated carbocycles. The van der Waals surface area contributed by atoms with Crippen LogP contribution in [0, 0.1) is 29.1 Å². The van der Waals surface area contributed by atoms with Gasteiger partial charge in [0.2, 0.25) is 5.91 Å². The van der Waals surface area contributed by atoms with Crippen LogP contribution in [-0.2, 0) is 9.53 Å². The first-order valence-corrected chi connectivity index (χ1v) is 4.96. The summed E-state index contributed by atoms with van der Waals surface area (Å²) in [6.07, 6.45) is 6.49. The Morgan fingerprint density at radius 2 is 2.20 bits per heavy atom. The largest absolute Gasteiger partial charge is 0.381 e. The lowest BCUT2D eigenvalue weighted by Gasteiger charge is -2.29. The van der Waals surface area contributed by atoms with Gasteiger partial charge in [0.15, 0.2) is 0 Å². The monoisotopic (exact) mass is 206 g/mol. The molecule has 0 radical (unpaired) electrons. The van der Waals surface area contributed by atoms with Gasteiger partial charge in [0.1, 0.15) is 5.41 Å². The van der Waals surface area contributed by atoms with Gasteiger partial charge in [-0.25, -0.2) is 0 Å². The number of nitrogens with one attached hydrogen (secondary N) is 1. The van der Waals surface area contributed by atoms with Gasteiger partial charge in [-0.2, -0.15) is 5.26 Å². The number of carbonyl (C=O) groups is 1. The minimum Gasteiger partial charge on any atom is -0.381 e. The first-order chi connectivity index (χ1) is 7.25. The highest BCUT2D eigenvalue weighted by atomic mass is 16.5. The molecule has 1 rings (SSSR count). The lowest BCUT2D eigenvalue weighted by atomic mass is 9.81. The van der Waals surface area contributed by atoms with E-state index in [0.717, 1.165) is 0 Å². The third-order valence-corrected chi connectivity index (χ3v) is 2.55. The quantitative estimate of drug-likeness (QED) is 0.538. The van der Waals surface area contributed by atoms with Crippen molar-refractivity contribution in [2.75, 3.05) is 19.8 Å². The molecule has 4 nitrogen and oxygen atoms in total. The molecule has 0 unspecified atom stereocenters. The van der Waals surface area contributed by atoms with Crippen molar-refractivity contribution in [2.45, 2.75) is 19.3 Å². The van der Waals surface area contributed by atoms with E-state index in [1.54, 1.807) is 0 Å². The predicted octanol–water partition coefficient (Wildman–Crippen LogP) is 0.446. The van der Waals surface area contributed by atoms with Crippen molar-refractivity contribution in [2.24, 2.45) is 5.41 Å². The number of ether oxygens (including phenoxy) is 1. The second-order valence-corrected chi connectivity index (χ2v) is 3.52. The fourth-order valence-corrected chi connectivity index (χ4v) is 1.53. The number of nitrogens with zero attached hydrogens (tertiary/aromatic N) is 1. The Labute approximate surface area is 89.6 Å². The van der Waals surface area contributed by atoms with E-state index in [-0.39, 0.29) is 5.91 Å². The van der Waals surface area contributed by atoms with Gasteiger partial charge in [0.25, 0.3) is 0 Å². The third kappa shape index (κ3) is 2.71. The van der Waals surface area contributed by atoms with Crippen LogP contribution in [0.5, 0.6) is 0 Å². The number of amides is 1. The van der Waals surface area contributed by atoms with E-state index in [1.165, 1.54) is 0 Å². The smallest absolute Gasteiger partial charge is 0.240 e. The molecule has 0 bridgehead atoms. The van der Waals surface area contributed by atoms with Gasteiger partial charge in [-0.15, -0.1) is 12.3 Å². The molecule has 4 heteroatoms. The van der Waals surface area contributed by atoms with Gasteiger partial charge in [-0.05, 0) is 12.8 Å². The van der Waals surface area contributed by atoms with Crippen LogP contribution in [0.4, 0.5) is 0 Å². The molecule has 1 aliphatic heterocycles. The molecular formula is C11H14N2O2. The van der Waals surface area contributed by atoms with E-state index >= 15 is 0 Å². The summed E-state index contributed by atoms with van der Waals surface area (Å²) in [5, 5.41) is 11.7. The Kier molecular flexibility index (Phi) is 4.15. The average Bonchev–Trinajstić information content (AvgIpc) is 2.30. The number of terminal acetylenes is 1. The topological polar surface area (TPSA) is 62.1 Å². The summed E-state index contributed by atoms with van der Waals surface area (Å²) >= 11 is 0. The van der Waals surface area contributed by atoms with Gasteiger partial charge in [0.05, 0.1) is 6.07 Å². The number of hydrogen-bond acceptors (Lipinski definition) is 3. The predicted molar refractivity (Wildman–Crippen MR) is 54.6 cm³/mol. The van der Waals surface area contributed by atoms with Crippen molar-refractivity contribution >= 4 is 5.91 Å². The van der Waals surface area contributed by atoms with Crippen LogP contribution in [0.1, 0.15) is 19.3 Å². The Morgan fingerprint density at radius 3 is 2.73 bits per heavy atom. The zero-order chi connectivity index (χ0) is 11.1. The molecule has 1 amide bonds. The molecule has 80 valence electrons. The van der Waals surface area contributed by atoms with Crippen LogP contribution in [0.25, 0.3) is 0 Å². The minimum absolute atomic E-state index is 0.219. The van der Waals surface area contributed by atoms with Crippen LogP contribution in [0.2, 0.25) is 0 Å². The first-order valence-electron chi connectivity index (χ1n) is 4.96. The highest BCUT2D eigenvalue weighted by Gasteiger charge is 2.40. The van der Waals surface area contributed by atoms with Crippen LogP contribution >= 0.6 is 0 Å². The highest BCUT2D eigenvalue weighted by Crippen LogP contribution is 2.29. The Morgan fingerprint density at radius 1 is 1.53 bits per heavy atom. The van der Waals surface area contributed by atoms with E-state index in [2.05, 4.69) is 17.3 Å². The van der Waals surface area contributed by atoms with Crippen LogP contribution in [0.3, 0.4) is 0 Å². The van der Waals surface area contributed by atoms with Gasteiger partial charge in [-0.3, -0.25) is 4.79 Å². The fraction of sp³-hybridized carbons (Fsp3) is 0.636. The lowest BCUT2D eigenvalue weighted by molar-refractivity contribution is -0.132. The summed E-state index contributed by atoms with van der Waals surface area (Å²) in [7, 11) is 0. The molecule has 1 fully saturated rings. The van der Waals surface area contributed by atoms with E-state index in [4.69, 9.17) is 16.4 Å². The molecule has 0 aliphatic carbocycles. The maximum absolute atomic E-state index is 11.8. The Balaban J connectivity index is 2.54. The lowest BCUT2D eigenvalue weighted by Crippen LogP contribution is -2.44. The normalized spacial score (nSPS) is 18.5. The summed E-state index contributed by atoms with van der Waals surface area (Å²) in [4.78, 5) is 11.8. The SMILES string of the molecule is C#CCCNC(=O)C1(C#N)CCOCC1. The number of carbonyl (C=O) groups excluding carboxylic acids is 1. The molecular weight excluding hydrogens is 192 g/mol. The average molecular weight is 206 g/mol. The molecule has 0 aromatic heterocycles. The summed E-state index contributed by atoms with van der Waals surface area (Å²) in [5.41, 5.74) is -0.910. The summed E-state index contributed by atoms with van der Waals surface area (Å²) in [5.74, 6) is 2.22. The molecule has 1 saturated heterocycles. The van der Waals surface area contributed by atoms with Crippen LogP contribution in [-0.4, -0.2) is 25.7 Å². The number of hydrogen-bond donors (Lipinski definition) is 1. The van der Waals surface area contributed by atoms with Crippen molar-refractivity contribution in [1.82, 2.24) is 5.32 Å². The zero-order valence-electron chi connectivity index (χ0n) is 8.58. The van der Waals surface area contributed by atoms with Gasteiger partial charge < -0.3 is 10.1 Å². The van der Waals surface area contributed by atoms with Crippen LogP contribution < -0.4 is 5.32 Å². The second-order valence-electron chi connectivity index (χ2n) is 3.52. The summed E-state index contributed by atoms with van der Waals surface area (Å²) in [6, 6.07) is 2.10. The second kappa shape index (κ2) is 5.38. The maximum Gasteiger partial charge on any atom is 0.240 e. The highest BCUT2D eigenvalue weighted by molar-refractivity contribution is 5.85. The zero-order valence-corrected chi connectivity index (χ0v) is 8.58. The summed E-state index contributed by atoms with van der Waals surface area (Å²) < 4.78 is 5.14. The van der Waals surface area contributed by atoms with E-state index < -0.39 is 5.41 Å². The Hall–Kier alpha value is -1.52. The summed E-state index contributed by atoms with van der Waals surface area (Å²) in [6.45, 7) is 1.37. The van der Waals surface area contributed by atoms with Gasteiger partial charge in [-0.1, -0.05) is 0 Å². The van der Waals surface area contributed by atoms with Crippen molar-refractivity contribution < 1.29 is 9.53 Å². The van der Waals surface area contributed by atoms with Gasteiger partial charge >= 0.3 is 0 Å². The molecule has 1 aliphatic rings. The van der Waals surface area contributed by atoms with Crippen molar-refractivity contribution in [1.29, 1.82) is 5.26 Å². The standard InChI is InChI=1S/C11H14N2O2/c1-2-3-6-13-10(14)11(9-12)4-7-15-8-5-11/h1H,3-8H2,(H,13,14). The number of rotatable bonds is 3. The molecule has 0 aromatic carbocycles. The van der Waals surface area contributed by atoms with E-state index in [1.807, 2.05) is 0 Å². The van der Waals surface area contributed by atoms with Gasteiger partial charge in [0, 0.05) is 26.2 Å². The maximum atomic E-state index is 11.8. The Bertz CT molecular complexity index is 306. The molecule has 1 heterocycles. The fourth-order valence-electron chi connectivity index (χ4n) is 1.53. The molecule has 0 aromatic rings. The molecule has 15 heavy (non-hydrogen) atoms.